The predicted molar refractivity (Wildman–Crippen MR) is 78.6 cm³/mol. The van der Waals surface area contributed by atoms with Crippen LogP contribution in [-0.2, 0) is 25.7 Å². The van der Waals surface area contributed by atoms with Crippen LogP contribution in [0.25, 0.3) is 0 Å². The first-order valence-electron chi connectivity index (χ1n) is 4.99. The third kappa shape index (κ3) is 5.24. The number of carbonyl (C=O) groups excluding carboxylic acids is 1. The topological polar surface area (TPSA) is 60.4 Å². The molecule has 0 aromatic heterocycles. The molecule has 0 N–H and O–H groups in total. The van der Waals surface area contributed by atoms with Gasteiger partial charge in [-0.15, -0.1) is 0 Å². The molecule has 0 bridgehead atoms. The van der Waals surface area contributed by atoms with Gasteiger partial charge >= 0.3 is 6.09 Å². The Balaban J connectivity index is 4.57. The fourth-order valence-corrected chi connectivity index (χ4v) is 1.95. The second-order valence-corrected chi connectivity index (χ2v) is 8.87. The van der Waals surface area contributed by atoms with Gasteiger partial charge in [-0.3, -0.25) is 4.84 Å². The smallest absolute Gasteiger partial charge is 0.317 e. The Bertz CT molecular complexity index is 354. The molecular weight excluding hydrogens is 295 g/mol. The van der Waals surface area contributed by atoms with Gasteiger partial charge in [0.2, 0.25) is 0 Å². The van der Waals surface area contributed by atoms with Crippen molar-refractivity contribution in [2.24, 2.45) is 5.16 Å². The minimum Gasteiger partial charge on any atom is -0.317 e. The van der Waals surface area contributed by atoms with Crippen LogP contribution < -0.4 is 0 Å². The van der Waals surface area contributed by atoms with E-state index < -0.39 is 12.7 Å². The van der Waals surface area contributed by atoms with Crippen LogP contribution in [0.3, 0.4) is 0 Å². The van der Waals surface area contributed by atoms with Crippen molar-refractivity contribution in [3.05, 3.63) is 0 Å². The Morgan fingerprint density at radius 1 is 1.44 bits per heavy atom. The van der Waals surface area contributed by atoms with Crippen molar-refractivity contribution in [2.45, 2.75) is 18.6 Å². The average Bonchev–Trinajstić information content (AvgIpc) is 2.36. The van der Waals surface area contributed by atoms with E-state index >= 15 is 0 Å². The first-order chi connectivity index (χ1) is 8.22. The highest BCUT2D eigenvalue weighted by Gasteiger charge is 2.28. The number of hydrogen-bond donors (Lipinski definition) is 0. The number of hydrogen-bond acceptors (Lipinski definition) is 7. The van der Waals surface area contributed by atoms with Crippen molar-refractivity contribution in [3.63, 3.8) is 0 Å². The van der Waals surface area contributed by atoms with Gasteiger partial charge in [-0.25, -0.2) is 9.46 Å². The fraction of sp³-hybridized carbons (Fsp3) is 0.778. The van der Waals surface area contributed by atoms with Crippen LogP contribution in [0.5, 0.6) is 0 Å². The zero-order chi connectivity index (χ0) is 14.4. The first-order valence-corrected chi connectivity index (χ1v) is 8.80. The summed E-state index contributed by atoms with van der Waals surface area (Å²) in [5.74, 6) is 0. The van der Waals surface area contributed by atoms with Gasteiger partial charge in [-0.05, 0) is 31.9 Å². The van der Waals surface area contributed by atoms with Crippen LogP contribution in [0.4, 0.5) is 4.79 Å². The molecule has 0 radical (unpaired) electrons. The van der Waals surface area contributed by atoms with Gasteiger partial charge in [0, 0.05) is 26.0 Å². The summed E-state index contributed by atoms with van der Waals surface area (Å²) in [6.45, 7) is 1.10. The Morgan fingerprint density at radius 3 is 2.33 bits per heavy atom. The second kappa shape index (κ2) is 7.45. The molecule has 0 saturated carbocycles. The summed E-state index contributed by atoms with van der Waals surface area (Å²) in [5.41, 5.74) is 0. The number of oxime groups is 1. The van der Waals surface area contributed by atoms with Crippen LogP contribution >= 0.6 is 18.4 Å². The van der Waals surface area contributed by atoms with Crippen LogP contribution in [0.1, 0.15) is 13.8 Å². The first kappa shape index (κ1) is 17.9. The molecule has 1 amide bonds. The molecule has 0 spiro atoms. The van der Waals surface area contributed by atoms with Gasteiger partial charge in [0.15, 0.2) is 0 Å². The molecule has 0 unspecified atom stereocenters. The van der Waals surface area contributed by atoms with E-state index in [-0.39, 0.29) is 4.75 Å². The van der Waals surface area contributed by atoms with Gasteiger partial charge in [0.1, 0.15) is 0 Å². The van der Waals surface area contributed by atoms with Crippen molar-refractivity contribution in [2.75, 3.05) is 27.5 Å². The number of thioether (sulfide) groups is 1. The largest absolute Gasteiger partial charge is 0.442 e. The van der Waals surface area contributed by atoms with Gasteiger partial charge in [0.25, 0.3) is 6.64 Å². The van der Waals surface area contributed by atoms with E-state index in [0.717, 1.165) is 4.67 Å². The lowest BCUT2D eigenvalue weighted by molar-refractivity contribution is 0.128. The molecule has 0 saturated heterocycles. The summed E-state index contributed by atoms with van der Waals surface area (Å²) >= 11 is 6.67. The number of carbonyl (C=O) groups is 1. The molecule has 0 fully saturated rings. The molecule has 0 aliphatic carbocycles. The lowest BCUT2D eigenvalue weighted by atomic mass is 10.2. The SMILES string of the molecule is COP(=S)(OC)N(C)C(=O)O/N=C/C(C)(C)SC. The Morgan fingerprint density at radius 2 is 1.94 bits per heavy atom. The third-order valence-electron chi connectivity index (χ3n) is 2.11. The summed E-state index contributed by atoms with van der Waals surface area (Å²) in [5, 5.41) is 3.64. The van der Waals surface area contributed by atoms with Gasteiger partial charge in [-0.2, -0.15) is 11.8 Å². The van der Waals surface area contributed by atoms with Crippen molar-refractivity contribution in [1.82, 2.24) is 4.67 Å². The third-order valence-corrected chi connectivity index (χ3v) is 6.72. The maximum absolute atomic E-state index is 11.7. The lowest BCUT2D eigenvalue weighted by Crippen LogP contribution is -2.25. The predicted octanol–water partition coefficient (Wildman–Crippen LogP) is 2.70. The lowest BCUT2D eigenvalue weighted by Gasteiger charge is -2.26. The maximum atomic E-state index is 11.7. The minimum atomic E-state index is -2.80. The summed E-state index contributed by atoms with van der Waals surface area (Å²) in [6, 6.07) is 0. The molecular formula is C9H19N2O4PS2. The molecule has 0 aromatic carbocycles. The molecule has 0 aliphatic rings. The molecule has 0 rings (SSSR count). The van der Waals surface area contributed by atoms with E-state index in [0.29, 0.717) is 0 Å². The number of rotatable bonds is 6. The molecule has 0 aliphatic heterocycles. The standard InChI is InChI=1S/C9H19N2O4PS2/c1-9(2,18-6)7-10-15-8(12)11(3)16(17,13-4)14-5/h7H,1-6H3/b10-7+. The summed E-state index contributed by atoms with van der Waals surface area (Å²) in [4.78, 5) is 16.4. The molecule has 0 atom stereocenters. The van der Waals surface area contributed by atoms with Crippen molar-refractivity contribution in [1.29, 1.82) is 0 Å². The quantitative estimate of drug-likeness (QED) is 0.325. The molecule has 9 heteroatoms. The number of nitrogens with zero attached hydrogens (tertiary/aromatic N) is 2. The Hall–Kier alpha value is -0.140. The highest BCUT2D eigenvalue weighted by molar-refractivity contribution is 8.09. The average molecular weight is 314 g/mol. The molecule has 0 aromatic rings. The van der Waals surface area contributed by atoms with Crippen molar-refractivity contribution < 1.29 is 18.7 Å². The van der Waals surface area contributed by atoms with Gasteiger partial charge in [-0.1, -0.05) is 5.16 Å². The van der Waals surface area contributed by atoms with Crippen LogP contribution in [-0.4, -0.2) is 49.2 Å². The molecule has 0 heterocycles. The van der Waals surface area contributed by atoms with Crippen molar-refractivity contribution >= 4 is 42.5 Å². The number of amides is 1. The van der Waals surface area contributed by atoms with E-state index in [1.54, 1.807) is 18.0 Å². The fourth-order valence-electron chi connectivity index (χ4n) is 0.730. The van der Waals surface area contributed by atoms with Gasteiger partial charge in [0.05, 0.1) is 6.21 Å². The van der Waals surface area contributed by atoms with Crippen LogP contribution in [0.15, 0.2) is 5.16 Å². The molecule has 106 valence electrons. The maximum Gasteiger partial charge on any atom is 0.442 e. The van der Waals surface area contributed by atoms with E-state index in [1.165, 1.54) is 21.3 Å². The van der Waals surface area contributed by atoms with E-state index in [2.05, 4.69) is 5.16 Å². The molecule has 6 nitrogen and oxygen atoms in total. The monoisotopic (exact) mass is 314 g/mol. The highest BCUT2D eigenvalue weighted by Crippen LogP contribution is 2.49. The minimum absolute atomic E-state index is 0.207. The molecule has 18 heavy (non-hydrogen) atoms. The normalized spacial score (nSPS) is 12.8. The second-order valence-electron chi connectivity index (χ2n) is 3.76. The van der Waals surface area contributed by atoms with Crippen LogP contribution in [0.2, 0.25) is 0 Å². The van der Waals surface area contributed by atoms with E-state index in [4.69, 9.17) is 25.7 Å². The van der Waals surface area contributed by atoms with Crippen molar-refractivity contribution in [3.8, 4) is 0 Å². The highest BCUT2D eigenvalue weighted by atomic mass is 32.5. The van der Waals surface area contributed by atoms with Gasteiger partial charge < -0.3 is 9.05 Å². The zero-order valence-electron chi connectivity index (χ0n) is 11.4. The Labute approximate surface area is 117 Å². The Kier molecular flexibility index (Phi) is 7.39. The van der Waals surface area contributed by atoms with Crippen LogP contribution in [0, 0.1) is 0 Å². The van der Waals surface area contributed by atoms with E-state index in [9.17, 15) is 4.79 Å². The summed E-state index contributed by atoms with van der Waals surface area (Å²) in [7, 11) is 4.22. The zero-order valence-corrected chi connectivity index (χ0v) is 13.9. The van der Waals surface area contributed by atoms with E-state index in [1.807, 2.05) is 20.1 Å². The summed E-state index contributed by atoms with van der Waals surface area (Å²) < 4.78 is 10.9. The summed E-state index contributed by atoms with van der Waals surface area (Å²) in [6.07, 6.45) is 2.78.